The fourth-order valence-electron chi connectivity index (χ4n) is 3.04. The molecule has 0 unspecified atom stereocenters. The number of anilines is 2. The van der Waals surface area contributed by atoms with Gasteiger partial charge in [0, 0.05) is 10.3 Å². The monoisotopic (exact) mass is 291 g/mol. The summed E-state index contributed by atoms with van der Waals surface area (Å²) in [4.78, 5) is 1.37. The first-order chi connectivity index (χ1) is 10.4. The Morgan fingerprint density at radius 2 is 1.76 bits per heavy atom. The molecule has 0 amide bonds. The number of aryl methyl sites for hydroxylation is 1. The van der Waals surface area contributed by atoms with Crippen LogP contribution in [0.5, 0.6) is 0 Å². The minimum absolute atomic E-state index is 1.13. The number of nitrogens with zero attached hydrogens (tertiary/aromatic N) is 1. The van der Waals surface area contributed by atoms with Gasteiger partial charge in [0.1, 0.15) is 0 Å². The van der Waals surface area contributed by atoms with E-state index in [0.717, 1.165) is 6.42 Å². The van der Waals surface area contributed by atoms with Crippen molar-refractivity contribution in [2.24, 2.45) is 0 Å². The Balaban J connectivity index is 1.97. The number of benzene rings is 3. The van der Waals surface area contributed by atoms with Gasteiger partial charge in [-0.05, 0) is 47.5 Å². The van der Waals surface area contributed by atoms with E-state index in [-0.39, 0.29) is 0 Å². The molecule has 0 aliphatic carbocycles. The van der Waals surface area contributed by atoms with E-state index in [2.05, 4.69) is 71.9 Å². The van der Waals surface area contributed by atoms with Crippen LogP contribution >= 0.6 is 11.9 Å². The molecule has 2 heteroatoms. The van der Waals surface area contributed by atoms with Gasteiger partial charge in [-0.2, -0.15) is 0 Å². The normalized spacial score (nSPS) is 13.1. The highest BCUT2D eigenvalue weighted by Gasteiger charge is 2.26. The van der Waals surface area contributed by atoms with E-state index in [1.54, 1.807) is 0 Å². The maximum absolute atomic E-state index is 2.39. The second-order valence-electron chi connectivity index (χ2n) is 5.40. The van der Waals surface area contributed by atoms with E-state index in [4.69, 9.17) is 0 Å². The van der Waals surface area contributed by atoms with Crippen LogP contribution in [0.1, 0.15) is 18.9 Å². The summed E-state index contributed by atoms with van der Waals surface area (Å²) < 4.78 is 2.39. The molecule has 0 aromatic heterocycles. The zero-order chi connectivity index (χ0) is 14.2. The van der Waals surface area contributed by atoms with Crippen molar-refractivity contribution in [2.45, 2.75) is 24.7 Å². The van der Waals surface area contributed by atoms with Crippen LogP contribution in [0.15, 0.2) is 65.6 Å². The predicted molar refractivity (Wildman–Crippen MR) is 92.4 cm³/mol. The maximum Gasteiger partial charge on any atom is 0.0650 e. The Kier molecular flexibility index (Phi) is 3.12. The quantitative estimate of drug-likeness (QED) is 0.548. The van der Waals surface area contributed by atoms with Crippen LogP contribution in [0.25, 0.3) is 10.8 Å². The van der Waals surface area contributed by atoms with Gasteiger partial charge in [-0.3, -0.25) is 4.31 Å². The van der Waals surface area contributed by atoms with Gasteiger partial charge >= 0.3 is 0 Å². The highest BCUT2D eigenvalue weighted by Crippen LogP contribution is 2.51. The van der Waals surface area contributed by atoms with E-state index in [1.165, 1.54) is 39.0 Å². The Morgan fingerprint density at radius 3 is 2.57 bits per heavy atom. The van der Waals surface area contributed by atoms with Crippen molar-refractivity contribution >= 4 is 34.1 Å². The summed E-state index contributed by atoms with van der Waals surface area (Å²) >= 11 is 1.84. The second kappa shape index (κ2) is 5.12. The molecule has 0 saturated carbocycles. The summed E-state index contributed by atoms with van der Waals surface area (Å²) in [5, 5.41) is 2.76. The number of para-hydroxylation sites is 1. The van der Waals surface area contributed by atoms with E-state index in [1.807, 2.05) is 11.9 Å². The van der Waals surface area contributed by atoms with Crippen molar-refractivity contribution in [2.75, 3.05) is 4.31 Å². The highest BCUT2D eigenvalue weighted by atomic mass is 32.2. The lowest BCUT2D eigenvalue weighted by atomic mass is 10.0. The molecule has 3 aromatic rings. The summed E-state index contributed by atoms with van der Waals surface area (Å²) in [5.41, 5.74) is 4.09. The maximum atomic E-state index is 2.39. The lowest BCUT2D eigenvalue weighted by Crippen LogP contribution is -2.05. The summed E-state index contributed by atoms with van der Waals surface area (Å²) in [5.74, 6) is 0. The molecule has 0 atom stereocenters. The molecule has 104 valence electrons. The van der Waals surface area contributed by atoms with Crippen molar-refractivity contribution in [3.63, 3.8) is 0 Å². The molecule has 4 rings (SSSR count). The van der Waals surface area contributed by atoms with Gasteiger partial charge in [-0.25, -0.2) is 0 Å². The Hall–Kier alpha value is -1.93. The molecule has 0 saturated heterocycles. The third-order valence-electron chi connectivity index (χ3n) is 3.97. The lowest BCUT2D eigenvalue weighted by Gasteiger charge is -2.20. The number of rotatable bonds is 3. The molecule has 0 spiro atoms. The summed E-state index contributed by atoms with van der Waals surface area (Å²) in [6.07, 6.45) is 2.30. The topological polar surface area (TPSA) is 3.24 Å². The summed E-state index contributed by atoms with van der Waals surface area (Å²) in [6.45, 7) is 2.25. The SMILES string of the molecule is CCCc1ccc2cccc3c2c1N(c1ccccc1)S3. The molecule has 1 aliphatic heterocycles. The number of hydrogen-bond acceptors (Lipinski definition) is 2. The summed E-state index contributed by atoms with van der Waals surface area (Å²) in [7, 11) is 0. The molecular formula is C19H17NS. The fourth-order valence-corrected chi connectivity index (χ4v) is 4.21. The Morgan fingerprint density at radius 1 is 0.905 bits per heavy atom. The van der Waals surface area contributed by atoms with Crippen LogP contribution in [0.4, 0.5) is 11.4 Å². The van der Waals surface area contributed by atoms with Crippen molar-refractivity contribution in [1.82, 2.24) is 0 Å². The lowest BCUT2D eigenvalue weighted by molar-refractivity contribution is 0.923. The first-order valence-corrected chi connectivity index (χ1v) is 8.23. The first-order valence-electron chi connectivity index (χ1n) is 7.46. The fraction of sp³-hybridized carbons (Fsp3) is 0.158. The molecule has 21 heavy (non-hydrogen) atoms. The van der Waals surface area contributed by atoms with Crippen LogP contribution in [0.3, 0.4) is 0 Å². The van der Waals surface area contributed by atoms with Crippen molar-refractivity contribution in [3.8, 4) is 0 Å². The van der Waals surface area contributed by atoms with E-state index in [9.17, 15) is 0 Å². The van der Waals surface area contributed by atoms with E-state index < -0.39 is 0 Å². The summed E-state index contributed by atoms with van der Waals surface area (Å²) in [6, 6.07) is 21.8. The minimum atomic E-state index is 1.13. The minimum Gasteiger partial charge on any atom is -0.279 e. The van der Waals surface area contributed by atoms with Crippen LogP contribution in [-0.4, -0.2) is 0 Å². The standard InChI is InChI=1S/C19H17NS/c1-2-7-15-13-12-14-8-6-11-17-18(14)19(15)20(21-17)16-9-4-3-5-10-16/h3-6,8-13H,2,7H2,1H3. The van der Waals surface area contributed by atoms with Crippen molar-refractivity contribution in [1.29, 1.82) is 0 Å². The number of hydrogen-bond donors (Lipinski definition) is 0. The molecule has 0 bridgehead atoms. The van der Waals surface area contributed by atoms with Gasteiger partial charge in [0.2, 0.25) is 0 Å². The Bertz CT molecular complexity index is 795. The zero-order valence-electron chi connectivity index (χ0n) is 12.0. The van der Waals surface area contributed by atoms with Crippen LogP contribution in [0.2, 0.25) is 0 Å². The molecule has 0 radical (unpaired) electrons. The molecule has 0 fully saturated rings. The van der Waals surface area contributed by atoms with E-state index >= 15 is 0 Å². The second-order valence-corrected chi connectivity index (χ2v) is 6.39. The average Bonchev–Trinajstić information content (AvgIpc) is 2.93. The Labute approximate surface area is 129 Å². The van der Waals surface area contributed by atoms with Gasteiger partial charge in [-0.15, -0.1) is 0 Å². The third-order valence-corrected chi connectivity index (χ3v) is 5.08. The van der Waals surface area contributed by atoms with E-state index in [0.29, 0.717) is 0 Å². The van der Waals surface area contributed by atoms with Crippen LogP contribution < -0.4 is 4.31 Å². The largest absolute Gasteiger partial charge is 0.279 e. The zero-order valence-corrected chi connectivity index (χ0v) is 12.9. The predicted octanol–water partition coefficient (Wildman–Crippen LogP) is 5.95. The highest BCUT2D eigenvalue weighted by molar-refractivity contribution is 8.01. The molecule has 0 N–H and O–H groups in total. The molecule has 1 nitrogen and oxygen atoms in total. The van der Waals surface area contributed by atoms with Crippen molar-refractivity contribution < 1.29 is 0 Å². The third kappa shape index (κ3) is 2.02. The molecular weight excluding hydrogens is 274 g/mol. The van der Waals surface area contributed by atoms with Gasteiger partial charge in [-0.1, -0.05) is 55.8 Å². The van der Waals surface area contributed by atoms with Gasteiger partial charge in [0.25, 0.3) is 0 Å². The smallest absolute Gasteiger partial charge is 0.0650 e. The van der Waals surface area contributed by atoms with Crippen LogP contribution in [0, 0.1) is 0 Å². The average molecular weight is 291 g/mol. The van der Waals surface area contributed by atoms with Crippen molar-refractivity contribution in [3.05, 3.63) is 66.2 Å². The molecule has 1 aliphatic rings. The molecule has 1 heterocycles. The van der Waals surface area contributed by atoms with Gasteiger partial charge < -0.3 is 0 Å². The molecule has 3 aromatic carbocycles. The van der Waals surface area contributed by atoms with Gasteiger partial charge in [0.05, 0.1) is 11.4 Å². The van der Waals surface area contributed by atoms with Gasteiger partial charge in [0.15, 0.2) is 0 Å². The first kappa shape index (κ1) is 12.8. The van der Waals surface area contributed by atoms with Crippen LogP contribution in [-0.2, 0) is 6.42 Å².